The van der Waals surface area contributed by atoms with E-state index in [9.17, 15) is 0 Å². The van der Waals surface area contributed by atoms with E-state index < -0.39 is 0 Å². The highest BCUT2D eigenvalue weighted by atomic mass is 35.5. The molecule has 0 radical (unpaired) electrons. The van der Waals surface area contributed by atoms with Crippen LogP contribution in [0.2, 0.25) is 0 Å². The van der Waals surface area contributed by atoms with Crippen LogP contribution in [0.15, 0.2) is 36.4 Å². The van der Waals surface area contributed by atoms with E-state index in [1.165, 1.54) is 0 Å². The van der Waals surface area contributed by atoms with Gasteiger partial charge in [-0.25, -0.2) is 0 Å². The van der Waals surface area contributed by atoms with Crippen molar-refractivity contribution in [2.45, 2.75) is 5.50 Å². The van der Waals surface area contributed by atoms with E-state index in [0.29, 0.717) is 0 Å². The molecule has 5 heteroatoms. The molecule has 0 amide bonds. The molecule has 0 bridgehead atoms. The van der Waals surface area contributed by atoms with E-state index >= 15 is 0 Å². The maximum absolute atomic E-state index is 6.52. The number of ether oxygens (including phenoxy) is 3. The summed E-state index contributed by atoms with van der Waals surface area (Å²) >= 11 is 6.52. The van der Waals surface area contributed by atoms with Crippen LogP contribution in [0.5, 0.6) is 17.2 Å². The number of rotatable bonds is 4. The number of methoxy groups -OCH3 is 3. The summed E-state index contributed by atoms with van der Waals surface area (Å²) in [5.41, 5.74) is 3.51. The number of halogens is 1. The molecule has 1 aliphatic heterocycles. The SMILES string of the molecule is COc1ccc(C2=Cc3c(cc(OC)cc3OC)NC2Cl)cc1. The molecule has 0 saturated carbocycles. The highest BCUT2D eigenvalue weighted by Gasteiger charge is 2.23. The van der Waals surface area contributed by atoms with Crippen molar-refractivity contribution in [2.75, 3.05) is 26.6 Å². The first-order valence-electron chi connectivity index (χ1n) is 7.19. The summed E-state index contributed by atoms with van der Waals surface area (Å²) in [7, 11) is 4.92. The minimum absolute atomic E-state index is 0.340. The van der Waals surface area contributed by atoms with Gasteiger partial charge in [0.05, 0.1) is 27.0 Å². The average molecular weight is 332 g/mol. The lowest BCUT2D eigenvalue weighted by atomic mass is 9.97. The molecule has 0 fully saturated rings. The summed E-state index contributed by atoms with van der Waals surface area (Å²) in [6, 6.07) is 11.6. The number of benzene rings is 2. The van der Waals surface area contributed by atoms with Gasteiger partial charge in [-0.2, -0.15) is 0 Å². The van der Waals surface area contributed by atoms with Crippen LogP contribution in [-0.4, -0.2) is 26.8 Å². The van der Waals surface area contributed by atoms with Crippen LogP contribution in [0.3, 0.4) is 0 Å². The van der Waals surface area contributed by atoms with E-state index in [4.69, 9.17) is 25.8 Å². The minimum Gasteiger partial charge on any atom is -0.497 e. The van der Waals surface area contributed by atoms with E-state index in [1.807, 2.05) is 42.5 Å². The van der Waals surface area contributed by atoms with E-state index in [0.717, 1.165) is 39.6 Å². The van der Waals surface area contributed by atoms with Gasteiger partial charge >= 0.3 is 0 Å². The molecule has 1 atom stereocenters. The first kappa shape index (κ1) is 15.6. The molecule has 3 rings (SSSR count). The summed E-state index contributed by atoms with van der Waals surface area (Å²) in [6.07, 6.45) is 2.05. The molecule has 2 aromatic rings. The third-order valence-corrected chi connectivity index (χ3v) is 4.19. The molecular weight excluding hydrogens is 314 g/mol. The Morgan fingerprint density at radius 3 is 2.22 bits per heavy atom. The maximum Gasteiger partial charge on any atom is 0.131 e. The summed E-state index contributed by atoms with van der Waals surface area (Å²) in [5.74, 6) is 2.27. The van der Waals surface area contributed by atoms with Gasteiger partial charge in [0.25, 0.3) is 0 Å². The van der Waals surface area contributed by atoms with Crippen molar-refractivity contribution in [3.05, 3.63) is 47.5 Å². The van der Waals surface area contributed by atoms with Crippen LogP contribution in [0.4, 0.5) is 5.69 Å². The molecule has 2 aromatic carbocycles. The second-order valence-electron chi connectivity index (χ2n) is 5.13. The van der Waals surface area contributed by atoms with Gasteiger partial charge in [0.1, 0.15) is 22.7 Å². The second kappa shape index (κ2) is 6.42. The second-order valence-corrected chi connectivity index (χ2v) is 5.56. The lowest BCUT2D eigenvalue weighted by Crippen LogP contribution is -2.19. The number of hydrogen-bond acceptors (Lipinski definition) is 4. The Morgan fingerprint density at radius 1 is 0.913 bits per heavy atom. The van der Waals surface area contributed by atoms with Crippen LogP contribution in [0.1, 0.15) is 11.1 Å². The van der Waals surface area contributed by atoms with Crippen LogP contribution < -0.4 is 19.5 Å². The first-order chi connectivity index (χ1) is 11.2. The van der Waals surface area contributed by atoms with Gasteiger partial charge < -0.3 is 19.5 Å². The Balaban J connectivity index is 2.07. The Morgan fingerprint density at radius 2 is 1.61 bits per heavy atom. The molecule has 0 aliphatic carbocycles. The monoisotopic (exact) mass is 331 g/mol. The van der Waals surface area contributed by atoms with Crippen molar-refractivity contribution in [1.82, 2.24) is 0 Å². The van der Waals surface area contributed by atoms with Crippen LogP contribution in [0.25, 0.3) is 11.6 Å². The van der Waals surface area contributed by atoms with E-state index in [1.54, 1.807) is 21.3 Å². The molecule has 23 heavy (non-hydrogen) atoms. The minimum atomic E-state index is -0.340. The standard InChI is InChI=1S/C18H18ClNO3/c1-21-12-6-4-11(5-7-12)14-10-15-16(20-18(14)19)8-13(22-2)9-17(15)23-3/h4-10,18,20H,1-3H3. The van der Waals surface area contributed by atoms with Gasteiger partial charge in [-0.1, -0.05) is 23.7 Å². The van der Waals surface area contributed by atoms with Gasteiger partial charge in [-0.15, -0.1) is 0 Å². The first-order valence-corrected chi connectivity index (χ1v) is 7.62. The number of anilines is 1. The topological polar surface area (TPSA) is 39.7 Å². The van der Waals surface area contributed by atoms with Crippen LogP contribution >= 0.6 is 11.6 Å². The van der Waals surface area contributed by atoms with Crippen molar-refractivity contribution in [2.24, 2.45) is 0 Å². The van der Waals surface area contributed by atoms with Gasteiger partial charge in [0, 0.05) is 17.7 Å². The zero-order chi connectivity index (χ0) is 16.4. The molecule has 1 N–H and O–H groups in total. The molecule has 0 saturated heterocycles. The lowest BCUT2D eigenvalue weighted by molar-refractivity contribution is 0.394. The summed E-state index contributed by atoms with van der Waals surface area (Å²) in [6.45, 7) is 0. The molecular formula is C18H18ClNO3. The van der Waals surface area contributed by atoms with Crippen molar-refractivity contribution in [1.29, 1.82) is 0 Å². The summed E-state index contributed by atoms with van der Waals surface area (Å²) in [4.78, 5) is 0. The van der Waals surface area contributed by atoms with Crippen molar-refractivity contribution in [3.63, 3.8) is 0 Å². The number of nitrogens with one attached hydrogen (secondary N) is 1. The maximum atomic E-state index is 6.52. The fourth-order valence-electron chi connectivity index (χ4n) is 2.61. The van der Waals surface area contributed by atoms with Crippen LogP contribution in [-0.2, 0) is 0 Å². The number of hydrogen-bond donors (Lipinski definition) is 1. The fraction of sp³-hybridized carbons (Fsp3) is 0.222. The largest absolute Gasteiger partial charge is 0.497 e. The molecule has 0 aromatic heterocycles. The Kier molecular flexibility index (Phi) is 4.35. The van der Waals surface area contributed by atoms with E-state index in [-0.39, 0.29) is 5.50 Å². The van der Waals surface area contributed by atoms with Gasteiger partial charge in [0.15, 0.2) is 0 Å². The third-order valence-electron chi connectivity index (χ3n) is 3.85. The van der Waals surface area contributed by atoms with Crippen molar-refractivity contribution in [3.8, 4) is 17.2 Å². The average Bonchev–Trinajstić information content (AvgIpc) is 2.60. The summed E-state index contributed by atoms with van der Waals surface area (Å²) in [5, 5.41) is 3.29. The van der Waals surface area contributed by atoms with Crippen LogP contribution in [0, 0.1) is 0 Å². The Labute approximate surface area is 140 Å². The predicted molar refractivity (Wildman–Crippen MR) is 93.7 cm³/mol. The van der Waals surface area contributed by atoms with Gasteiger partial charge in [0.2, 0.25) is 0 Å². The molecule has 1 heterocycles. The zero-order valence-electron chi connectivity index (χ0n) is 13.2. The molecule has 0 spiro atoms. The van der Waals surface area contributed by atoms with E-state index in [2.05, 4.69) is 5.32 Å². The Bertz CT molecular complexity index is 741. The number of fused-ring (bicyclic) bond motifs is 1. The van der Waals surface area contributed by atoms with Gasteiger partial charge in [-0.05, 0) is 29.3 Å². The highest BCUT2D eigenvalue weighted by Crippen LogP contribution is 2.41. The lowest BCUT2D eigenvalue weighted by Gasteiger charge is -2.26. The molecule has 1 aliphatic rings. The Hall–Kier alpha value is -2.33. The quantitative estimate of drug-likeness (QED) is 0.672. The summed E-state index contributed by atoms with van der Waals surface area (Å²) < 4.78 is 16.0. The fourth-order valence-corrected chi connectivity index (χ4v) is 2.92. The van der Waals surface area contributed by atoms with Gasteiger partial charge in [-0.3, -0.25) is 0 Å². The van der Waals surface area contributed by atoms with Crippen molar-refractivity contribution < 1.29 is 14.2 Å². The zero-order valence-corrected chi connectivity index (χ0v) is 14.0. The number of alkyl halides is 1. The normalized spacial score (nSPS) is 16.0. The molecule has 4 nitrogen and oxygen atoms in total. The molecule has 120 valence electrons. The third kappa shape index (κ3) is 2.94. The smallest absolute Gasteiger partial charge is 0.131 e. The highest BCUT2D eigenvalue weighted by molar-refractivity contribution is 6.29. The molecule has 1 unspecified atom stereocenters. The predicted octanol–water partition coefficient (Wildman–Crippen LogP) is 4.24. The van der Waals surface area contributed by atoms with Crippen molar-refractivity contribution >= 4 is 28.9 Å².